The monoisotopic (exact) mass is 355 g/mol. The zero-order chi connectivity index (χ0) is 13.1. The highest BCUT2D eigenvalue weighted by Gasteiger charge is 2.15. The Morgan fingerprint density at radius 2 is 2.17 bits per heavy atom. The molecule has 18 heavy (non-hydrogen) atoms. The van der Waals surface area contributed by atoms with Gasteiger partial charge in [0.2, 0.25) is 5.70 Å². The van der Waals surface area contributed by atoms with E-state index in [9.17, 15) is 10.1 Å². The predicted octanol–water partition coefficient (Wildman–Crippen LogP) is 3.66. The Balaban J connectivity index is 2.14. The molecule has 0 saturated carbocycles. The van der Waals surface area contributed by atoms with Gasteiger partial charge < -0.3 is 5.32 Å². The van der Waals surface area contributed by atoms with Crippen LogP contribution in [0.15, 0.2) is 41.7 Å². The van der Waals surface area contributed by atoms with E-state index in [0.717, 1.165) is 16.9 Å². The molecule has 0 aliphatic heterocycles. The lowest BCUT2D eigenvalue weighted by molar-refractivity contribution is -0.427. The maximum absolute atomic E-state index is 10.6. The van der Waals surface area contributed by atoms with E-state index >= 15 is 0 Å². The van der Waals surface area contributed by atoms with Gasteiger partial charge in [-0.2, -0.15) is 0 Å². The number of nitrogens with one attached hydrogen (secondary N) is 1. The van der Waals surface area contributed by atoms with E-state index in [0.29, 0.717) is 6.42 Å². The molecule has 5 heteroatoms. The van der Waals surface area contributed by atoms with Crippen molar-refractivity contribution in [2.75, 3.05) is 5.32 Å². The molecule has 1 aliphatic rings. The summed E-state index contributed by atoms with van der Waals surface area (Å²) in [7, 11) is 0. The summed E-state index contributed by atoms with van der Waals surface area (Å²) in [6.07, 6.45) is 5.47. The third-order valence-corrected chi connectivity index (χ3v) is 3.36. The minimum atomic E-state index is -0.347. The second kappa shape index (κ2) is 5.51. The first-order chi connectivity index (χ1) is 8.56. The molecule has 1 radical (unpaired) electrons. The summed E-state index contributed by atoms with van der Waals surface area (Å²) in [5.41, 5.74) is 3.29. The van der Waals surface area contributed by atoms with Crippen molar-refractivity contribution in [3.05, 3.63) is 67.4 Å². The third-order valence-electron chi connectivity index (χ3n) is 2.69. The molecule has 0 unspecified atom stereocenters. The topological polar surface area (TPSA) is 55.2 Å². The Morgan fingerprint density at radius 3 is 2.72 bits per heavy atom. The van der Waals surface area contributed by atoms with Gasteiger partial charge in [0.1, 0.15) is 0 Å². The van der Waals surface area contributed by atoms with Crippen LogP contribution < -0.4 is 5.32 Å². The largest absolute Gasteiger partial charge is 0.358 e. The zero-order valence-electron chi connectivity index (χ0n) is 9.81. The van der Waals surface area contributed by atoms with Gasteiger partial charge in [0.25, 0.3) is 0 Å². The molecule has 0 heterocycles. The van der Waals surface area contributed by atoms with Crippen LogP contribution in [0.1, 0.15) is 12.0 Å². The van der Waals surface area contributed by atoms with Gasteiger partial charge in [-0.25, -0.2) is 0 Å². The van der Waals surface area contributed by atoms with Crippen LogP contribution in [0.5, 0.6) is 0 Å². The summed E-state index contributed by atoms with van der Waals surface area (Å²) in [5.74, 6) is 0. The summed E-state index contributed by atoms with van der Waals surface area (Å²) in [4.78, 5) is 10.2. The first-order valence-corrected chi connectivity index (χ1v) is 6.56. The Kier molecular flexibility index (Phi) is 4.00. The van der Waals surface area contributed by atoms with Crippen molar-refractivity contribution in [2.24, 2.45) is 0 Å². The molecule has 0 saturated heterocycles. The van der Waals surface area contributed by atoms with Crippen molar-refractivity contribution in [1.29, 1.82) is 0 Å². The number of nitrogens with zero attached hydrogens (tertiary/aromatic N) is 1. The van der Waals surface area contributed by atoms with E-state index in [1.165, 1.54) is 3.57 Å². The van der Waals surface area contributed by atoms with Crippen LogP contribution >= 0.6 is 22.6 Å². The molecule has 0 bridgehead atoms. The number of hydrogen-bond donors (Lipinski definition) is 1. The lowest BCUT2D eigenvalue weighted by Crippen LogP contribution is -2.08. The zero-order valence-corrected chi connectivity index (χ0v) is 12.0. The Morgan fingerprint density at radius 1 is 1.39 bits per heavy atom. The van der Waals surface area contributed by atoms with Crippen LogP contribution in [0, 0.1) is 27.0 Å². The second-order valence-corrected chi connectivity index (χ2v) is 5.28. The molecule has 0 amide bonds. The maximum Gasteiger partial charge on any atom is 0.247 e. The number of allylic oxidation sites excluding steroid dienone is 4. The van der Waals surface area contributed by atoms with Gasteiger partial charge >= 0.3 is 0 Å². The Bertz CT molecular complexity index is 550. The highest BCUT2D eigenvalue weighted by Crippen LogP contribution is 2.23. The van der Waals surface area contributed by atoms with Crippen LogP contribution in [-0.4, -0.2) is 4.92 Å². The fraction of sp³-hybridized carbons (Fsp3) is 0.154. The fourth-order valence-corrected chi connectivity index (χ4v) is 2.33. The van der Waals surface area contributed by atoms with E-state index < -0.39 is 0 Å². The molecule has 1 aliphatic carbocycles. The first kappa shape index (κ1) is 13.1. The summed E-state index contributed by atoms with van der Waals surface area (Å²) in [6, 6.07) is 6.13. The minimum Gasteiger partial charge on any atom is -0.358 e. The third kappa shape index (κ3) is 3.10. The van der Waals surface area contributed by atoms with Gasteiger partial charge in [0.05, 0.1) is 4.92 Å². The first-order valence-electron chi connectivity index (χ1n) is 5.48. The molecule has 1 N–H and O–H groups in total. The van der Waals surface area contributed by atoms with Crippen LogP contribution in [0.2, 0.25) is 0 Å². The lowest BCUT2D eigenvalue weighted by atomic mass is 10.1. The number of rotatable bonds is 3. The lowest BCUT2D eigenvalue weighted by Gasteiger charge is -2.14. The molecule has 0 spiro atoms. The predicted molar refractivity (Wildman–Crippen MR) is 79.6 cm³/mol. The number of benzene rings is 1. The average molecular weight is 355 g/mol. The number of halogens is 1. The van der Waals surface area contributed by atoms with Crippen molar-refractivity contribution < 1.29 is 4.92 Å². The molecular formula is C13H12IN2O2. The van der Waals surface area contributed by atoms with Crippen molar-refractivity contribution in [1.82, 2.24) is 0 Å². The summed E-state index contributed by atoms with van der Waals surface area (Å²) in [5, 5.41) is 13.8. The minimum absolute atomic E-state index is 0.222. The van der Waals surface area contributed by atoms with Gasteiger partial charge in [-0.05, 0) is 59.4 Å². The number of aryl methyl sites for hydroxylation is 1. The number of hydrogen-bond acceptors (Lipinski definition) is 3. The van der Waals surface area contributed by atoms with Gasteiger partial charge in [0, 0.05) is 33.9 Å². The highest BCUT2D eigenvalue weighted by atomic mass is 127. The van der Waals surface area contributed by atoms with Crippen molar-refractivity contribution >= 4 is 28.3 Å². The van der Waals surface area contributed by atoms with Crippen molar-refractivity contribution in [2.45, 2.75) is 13.3 Å². The molecule has 0 fully saturated rings. The Labute approximate surface area is 119 Å². The van der Waals surface area contributed by atoms with E-state index in [-0.39, 0.29) is 10.6 Å². The summed E-state index contributed by atoms with van der Waals surface area (Å²) >= 11 is 2.27. The van der Waals surface area contributed by atoms with Crippen LogP contribution in [0.25, 0.3) is 0 Å². The van der Waals surface area contributed by atoms with Crippen molar-refractivity contribution in [3.8, 4) is 0 Å². The van der Waals surface area contributed by atoms with Crippen LogP contribution in [-0.2, 0) is 0 Å². The van der Waals surface area contributed by atoms with E-state index in [4.69, 9.17) is 0 Å². The fourth-order valence-electron chi connectivity index (χ4n) is 1.69. The van der Waals surface area contributed by atoms with E-state index in [1.807, 2.05) is 25.5 Å². The van der Waals surface area contributed by atoms with E-state index in [2.05, 4.69) is 34.0 Å². The quantitative estimate of drug-likeness (QED) is 0.512. The highest BCUT2D eigenvalue weighted by molar-refractivity contribution is 14.1. The molecule has 0 atom stereocenters. The molecule has 1 aromatic carbocycles. The second-order valence-electron chi connectivity index (χ2n) is 4.03. The molecule has 2 rings (SSSR count). The van der Waals surface area contributed by atoms with Gasteiger partial charge in [0.15, 0.2) is 0 Å². The molecular weight excluding hydrogens is 343 g/mol. The van der Waals surface area contributed by atoms with Crippen LogP contribution in [0.3, 0.4) is 0 Å². The normalized spacial score (nSPS) is 14.8. The van der Waals surface area contributed by atoms with Gasteiger partial charge in [-0.1, -0.05) is 0 Å². The molecule has 1 aromatic rings. The molecule has 0 aromatic heterocycles. The Hall–Kier alpha value is -1.37. The van der Waals surface area contributed by atoms with Crippen LogP contribution in [0.4, 0.5) is 5.69 Å². The maximum atomic E-state index is 10.6. The van der Waals surface area contributed by atoms with E-state index in [1.54, 1.807) is 12.2 Å². The SMILES string of the molecule is Cc1cc(I)ccc1NC1=CC=C([N+](=O)[O-])C[CH]1. The van der Waals surface area contributed by atoms with Crippen molar-refractivity contribution in [3.63, 3.8) is 0 Å². The average Bonchev–Trinajstić information content (AvgIpc) is 2.33. The van der Waals surface area contributed by atoms with Gasteiger partial charge in [-0.15, -0.1) is 0 Å². The molecule has 93 valence electrons. The number of nitro groups is 1. The standard InChI is InChI=1S/C13H12IN2O2/c1-9-8-10(14)2-7-13(9)15-11-3-5-12(6-4-11)16(17)18/h2-5,7-8,15H,6H2,1H3. The summed E-state index contributed by atoms with van der Waals surface area (Å²) in [6.45, 7) is 2.03. The smallest absolute Gasteiger partial charge is 0.247 e. The number of anilines is 1. The van der Waals surface area contributed by atoms with Gasteiger partial charge in [-0.3, -0.25) is 10.1 Å². The summed E-state index contributed by atoms with van der Waals surface area (Å²) < 4.78 is 1.19. The molecule has 4 nitrogen and oxygen atoms in total.